The van der Waals surface area contributed by atoms with E-state index in [2.05, 4.69) is 0 Å². The molecule has 106 valence electrons. The Morgan fingerprint density at radius 2 is 2.10 bits per heavy atom. The molecule has 1 amide bonds. The molecule has 0 saturated heterocycles. The van der Waals surface area contributed by atoms with Crippen LogP contribution < -0.4 is 4.74 Å². The summed E-state index contributed by atoms with van der Waals surface area (Å²) in [6.07, 6.45) is 0. The van der Waals surface area contributed by atoms with Crippen LogP contribution in [-0.4, -0.2) is 30.1 Å². The number of methoxy groups -OCH3 is 1. The van der Waals surface area contributed by atoms with Gasteiger partial charge in [-0.05, 0) is 37.3 Å². The number of ether oxygens (including phenoxy) is 1. The molecule has 2 aromatic rings. The molecule has 2 rings (SSSR count). The van der Waals surface area contributed by atoms with Crippen LogP contribution in [-0.2, 0) is 6.54 Å². The Morgan fingerprint density at radius 1 is 1.35 bits per heavy atom. The zero-order chi connectivity index (χ0) is 14.7. The average molecular weight is 275 g/mol. The molecule has 0 unspecified atom stereocenters. The van der Waals surface area contributed by atoms with Crippen molar-refractivity contribution in [3.05, 3.63) is 47.4 Å². The molecule has 1 aromatic heterocycles. The highest BCUT2D eigenvalue weighted by Gasteiger charge is 2.18. The number of hydrogen-bond acceptors (Lipinski definition) is 4. The van der Waals surface area contributed by atoms with Crippen molar-refractivity contribution < 1.29 is 19.1 Å². The fourth-order valence-corrected chi connectivity index (χ4v) is 1.89. The zero-order valence-electron chi connectivity index (χ0n) is 11.7. The van der Waals surface area contributed by atoms with Gasteiger partial charge < -0.3 is 19.2 Å². The standard InChI is InChI=1S/C15H17NO4/c1-10-4-5-12(20-10)9-16(2)15(18)13-8-11(19-3)6-7-14(13)17/h4-8,17H,9H2,1-3H3. The number of aryl methyl sites for hydroxylation is 1. The van der Waals surface area contributed by atoms with Gasteiger partial charge in [0.05, 0.1) is 19.2 Å². The van der Waals surface area contributed by atoms with Crippen molar-refractivity contribution in [2.45, 2.75) is 13.5 Å². The number of carbonyl (C=O) groups is 1. The number of nitrogens with zero attached hydrogens (tertiary/aromatic N) is 1. The van der Waals surface area contributed by atoms with Crippen LogP contribution in [0.3, 0.4) is 0 Å². The summed E-state index contributed by atoms with van der Waals surface area (Å²) in [6.45, 7) is 2.18. The van der Waals surface area contributed by atoms with Gasteiger partial charge in [0.25, 0.3) is 5.91 Å². The van der Waals surface area contributed by atoms with E-state index in [0.29, 0.717) is 18.1 Å². The highest BCUT2D eigenvalue weighted by atomic mass is 16.5. The van der Waals surface area contributed by atoms with Crippen LogP contribution in [0.25, 0.3) is 0 Å². The first-order valence-corrected chi connectivity index (χ1v) is 6.19. The Labute approximate surface area is 117 Å². The maximum Gasteiger partial charge on any atom is 0.257 e. The van der Waals surface area contributed by atoms with E-state index < -0.39 is 0 Å². The fourth-order valence-electron chi connectivity index (χ4n) is 1.89. The van der Waals surface area contributed by atoms with Crippen LogP contribution >= 0.6 is 0 Å². The van der Waals surface area contributed by atoms with E-state index in [4.69, 9.17) is 9.15 Å². The van der Waals surface area contributed by atoms with Gasteiger partial charge in [-0.15, -0.1) is 0 Å². The molecular formula is C15H17NO4. The lowest BCUT2D eigenvalue weighted by Crippen LogP contribution is -2.26. The van der Waals surface area contributed by atoms with Gasteiger partial charge in [-0.1, -0.05) is 0 Å². The highest BCUT2D eigenvalue weighted by molar-refractivity contribution is 5.97. The number of benzene rings is 1. The first-order valence-electron chi connectivity index (χ1n) is 6.19. The first kappa shape index (κ1) is 14.0. The molecule has 5 heteroatoms. The number of phenolic OH excluding ortho intramolecular Hbond substituents is 1. The molecule has 0 aliphatic carbocycles. The van der Waals surface area contributed by atoms with Crippen LogP contribution in [0, 0.1) is 6.92 Å². The van der Waals surface area contributed by atoms with Gasteiger partial charge in [0.1, 0.15) is 23.0 Å². The third kappa shape index (κ3) is 2.93. The Kier molecular flexibility index (Phi) is 3.98. The van der Waals surface area contributed by atoms with Gasteiger partial charge in [0.15, 0.2) is 0 Å². The van der Waals surface area contributed by atoms with Crippen LogP contribution in [0.1, 0.15) is 21.9 Å². The molecule has 20 heavy (non-hydrogen) atoms. The summed E-state index contributed by atoms with van der Waals surface area (Å²) >= 11 is 0. The second kappa shape index (κ2) is 5.69. The molecule has 0 atom stereocenters. The quantitative estimate of drug-likeness (QED) is 0.931. The molecule has 1 N–H and O–H groups in total. The van der Waals surface area contributed by atoms with E-state index in [1.807, 2.05) is 19.1 Å². The summed E-state index contributed by atoms with van der Waals surface area (Å²) < 4.78 is 10.5. The molecule has 0 spiro atoms. The number of phenols is 1. The molecule has 0 saturated carbocycles. The van der Waals surface area contributed by atoms with Crippen LogP contribution in [0.15, 0.2) is 34.7 Å². The summed E-state index contributed by atoms with van der Waals surface area (Å²) in [5.41, 5.74) is 0.204. The molecule has 1 heterocycles. The van der Waals surface area contributed by atoms with Gasteiger partial charge in [-0.25, -0.2) is 0 Å². The van der Waals surface area contributed by atoms with E-state index in [0.717, 1.165) is 5.76 Å². The second-order valence-corrected chi connectivity index (χ2v) is 4.56. The van der Waals surface area contributed by atoms with Crippen molar-refractivity contribution in [3.63, 3.8) is 0 Å². The smallest absolute Gasteiger partial charge is 0.257 e. The van der Waals surface area contributed by atoms with E-state index in [-0.39, 0.29) is 17.2 Å². The van der Waals surface area contributed by atoms with Gasteiger partial charge >= 0.3 is 0 Å². The summed E-state index contributed by atoms with van der Waals surface area (Å²) in [5, 5.41) is 9.79. The van der Waals surface area contributed by atoms with Gasteiger partial charge in [0, 0.05) is 7.05 Å². The number of carbonyl (C=O) groups excluding carboxylic acids is 1. The monoisotopic (exact) mass is 275 g/mol. The lowest BCUT2D eigenvalue weighted by atomic mass is 10.1. The summed E-state index contributed by atoms with van der Waals surface area (Å²) in [5.74, 6) is 1.65. The van der Waals surface area contributed by atoms with Gasteiger partial charge in [-0.3, -0.25) is 4.79 Å². The van der Waals surface area contributed by atoms with Gasteiger partial charge in [-0.2, -0.15) is 0 Å². The predicted octanol–water partition coefficient (Wildman–Crippen LogP) is 2.57. The molecule has 5 nitrogen and oxygen atoms in total. The number of furan rings is 1. The van der Waals surface area contributed by atoms with E-state index in [1.54, 1.807) is 13.1 Å². The van der Waals surface area contributed by atoms with Crippen LogP contribution in [0.5, 0.6) is 11.5 Å². The third-order valence-corrected chi connectivity index (χ3v) is 2.97. The zero-order valence-corrected chi connectivity index (χ0v) is 11.7. The average Bonchev–Trinajstić information content (AvgIpc) is 2.84. The molecule has 0 aliphatic rings. The lowest BCUT2D eigenvalue weighted by molar-refractivity contribution is 0.0771. The van der Waals surface area contributed by atoms with Crippen molar-refractivity contribution in [1.82, 2.24) is 4.90 Å². The first-order chi connectivity index (χ1) is 9.51. The Balaban J connectivity index is 2.17. The van der Waals surface area contributed by atoms with Crippen molar-refractivity contribution in [2.24, 2.45) is 0 Å². The molecular weight excluding hydrogens is 258 g/mol. The van der Waals surface area contributed by atoms with Crippen LogP contribution in [0.2, 0.25) is 0 Å². The second-order valence-electron chi connectivity index (χ2n) is 4.56. The maximum absolute atomic E-state index is 12.3. The number of amides is 1. The minimum atomic E-state index is -0.296. The SMILES string of the molecule is COc1ccc(O)c(C(=O)N(C)Cc2ccc(C)o2)c1. The molecule has 0 bridgehead atoms. The van der Waals surface area contributed by atoms with Crippen molar-refractivity contribution in [1.29, 1.82) is 0 Å². The minimum absolute atomic E-state index is 0.0710. The molecule has 0 aliphatic heterocycles. The van der Waals surface area contributed by atoms with Crippen molar-refractivity contribution >= 4 is 5.91 Å². The van der Waals surface area contributed by atoms with E-state index in [9.17, 15) is 9.90 Å². The number of rotatable bonds is 4. The highest BCUT2D eigenvalue weighted by Crippen LogP contribution is 2.24. The number of hydrogen-bond donors (Lipinski definition) is 1. The Hall–Kier alpha value is -2.43. The van der Waals surface area contributed by atoms with Crippen LogP contribution in [0.4, 0.5) is 0 Å². The normalized spacial score (nSPS) is 10.3. The summed E-state index contributed by atoms with van der Waals surface area (Å²) in [6, 6.07) is 8.22. The topological polar surface area (TPSA) is 62.9 Å². The Morgan fingerprint density at radius 3 is 2.70 bits per heavy atom. The van der Waals surface area contributed by atoms with E-state index >= 15 is 0 Å². The third-order valence-electron chi connectivity index (χ3n) is 2.97. The predicted molar refractivity (Wildman–Crippen MR) is 73.9 cm³/mol. The Bertz CT molecular complexity index is 618. The van der Waals surface area contributed by atoms with Crippen molar-refractivity contribution in [3.8, 4) is 11.5 Å². The molecule has 1 aromatic carbocycles. The van der Waals surface area contributed by atoms with E-state index in [1.165, 1.54) is 24.1 Å². The lowest BCUT2D eigenvalue weighted by Gasteiger charge is -2.17. The van der Waals surface area contributed by atoms with Gasteiger partial charge in [0.2, 0.25) is 0 Å². The largest absolute Gasteiger partial charge is 0.507 e. The maximum atomic E-state index is 12.3. The van der Waals surface area contributed by atoms with Crippen molar-refractivity contribution in [2.75, 3.05) is 14.2 Å². The number of aromatic hydroxyl groups is 1. The minimum Gasteiger partial charge on any atom is -0.507 e. The summed E-state index contributed by atoms with van der Waals surface area (Å²) in [7, 11) is 3.16. The summed E-state index contributed by atoms with van der Waals surface area (Å²) in [4.78, 5) is 13.8. The molecule has 0 fully saturated rings. The fraction of sp³-hybridized carbons (Fsp3) is 0.267. The molecule has 0 radical (unpaired) electrons.